The molecule has 1 aromatic carbocycles. The average Bonchev–Trinajstić information content (AvgIpc) is 1.69. The molecule has 25 heteroatoms. The second-order valence-corrected chi connectivity index (χ2v) is 30.2. The number of hydrogen-bond acceptors (Lipinski definition) is 25. The molecule has 0 aromatic heterocycles. The largest absolute Gasteiger partial charge is 0.463 e. The summed E-state index contributed by atoms with van der Waals surface area (Å²) < 4.78 is 74.4. The number of hydrogen-bond donors (Lipinski definition) is 1. The van der Waals surface area contributed by atoms with Gasteiger partial charge in [-0.1, -0.05) is 66.7 Å². The van der Waals surface area contributed by atoms with Crippen LogP contribution in [-0.2, 0) is 115 Å². The van der Waals surface area contributed by atoms with Crippen LogP contribution in [0.15, 0.2) is 30.3 Å². The van der Waals surface area contributed by atoms with E-state index in [9.17, 15) is 28.8 Å². The Morgan fingerprint density at radius 1 is 0.441 bits per heavy atom. The van der Waals surface area contributed by atoms with E-state index in [1.807, 2.05) is 41.5 Å². The van der Waals surface area contributed by atoms with Crippen LogP contribution in [0.2, 0.25) is 0 Å². The first-order valence-corrected chi connectivity index (χ1v) is 34.2. The minimum Gasteiger partial charge on any atom is -0.463 e. The van der Waals surface area contributed by atoms with Gasteiger partial charge in [-0.3, -0.25) is 28.8 Å². The van der Waals surface area contributed by atoms with Crippen molar-refractivity contribution in [3.05, 3.63) is 30.3 Å². The standard InChI is InChI=1S/C68H95NO24/c1-37-16-18-47-40(4)55(82-58-66(47)44(37)27-31-62(8,85-58)88-91-66)79-52(73)23-20-49(70)76-34-65(69-43-14-12-11-13-15-43,35-77-50(71)21-24-53(74)80-56-41(5)48-19-17-38(2)45-28-32-63(9)86-59(83-56)67(45,48)92-89-63)36-78-51(72)22-25-54(75)81-57-42(6)61(7)30-26-39(3)46-29-33-64(10)87-60(84-57)68(46,61)93-90-64/h11-15,37-42,44-48,55-60,69H,16-36H2,1-10H3/t37-,38-,39-,40-,41-,42+,44+,45+,46+,47+,48+,55-,56-,57-,58-,59-,60-,61+,62-,63-,64-,66-,67-,68+/m1/s1. The van der Waals surface area contributed by atoms with E-state index in [1.54, 1.807) is 30.3 Å². The zero-order chi connectivity index (χ0) is 65.7. The first-order valence-electron chi connectivity index (χ1n) is 34.2. The van der Waals surface area contributed by atoms with E-state index in [0.717, 1.165) is 57.8 Å². The average molecular weight is 1310 g/mol. The fourth-order valence-electron chi connectivity index (χ4n) is 18.4. The summed E-state index contributed by atoms with van der Waals surface area (Å²) in [5, 5.41) is 3.27. The van der Waals surface area contributed by atoms with Crippen molar-refractivity contribution in [2.24, 2.45) is 70.5 Å². The van der Waals surface area contributed by atoms with Gasteiger partial charge in [0.25, 0.3) is 0 Å². The molecule has 1 aromatic rings. The Morgan fingerprint density at radius 3 is 1.31 bits per heavy atom. The molecule has 0 radical (unpaired) electrons. The SMILES string of the molecule is C[C@H]1[C@H](OC(=O)CCC(=O)OCC(COC(=O)CCC(=O)O[C@@H]2O[C@@H]3O[C@@]4(C)CC[C@H]5[C@H](C)CC[C@@H]([C@H]2C)[C@@]35OO4)(COC(=O)CCC(=O)O[C@@H]2O[C@@H]3O[C@@]4(C)CC[C@H]5[C@H](C)CC[C@@](C)([C@H]2C)[C@@]35OO4)Nc2ccccc2)O[C@@H]2O[C@@]3(C)CC[C@H]4[C@H](C)CC[C@@H]1[C@@]24OO3. The lowest BCUT2D eigenvalue weighted by molar-refractivity contribution is -0.586. The molecule has 3 saturated carbocycles. The van der Waals surface area contributed by atoms with Crippen LogP contribution in [0.5, 0.6) is 0 Å². The molecule has 0 unspecified atom stereocenters. The Kier molecular flexibility index (Phi) is 18.2. The predicted molar refractivity (Wildman–Crippen MR) is 317 cm³/mol. The Morgan fingerprint density at radius 2 is 0.839 bits per heavy atom. The molecule has 93 heavy (non-hydrogen) atoms. The van der Waals surface area contributed by atoms with Gasteiger partial charge in [0.05, 0.1) is 38.5 Å². The highest BCUT2D eigenvalue weighted by Crippen LogP contribution is 2.67. The quantitative estimate of drug-likeness (QED) is 0.0722. The summed E-state index contributed by atoms with van der Waals surface area (Å²) in [6.45, 7) is 18.3. The highest BCUT2D eigenvalue weighted by atomic mass is 17.3. The van der Waals surface area contributed by atoms with Crippen molar-refractivity contribution >= 4 is 41.5 Å². The van der Waals surface area contributed by atoms with Gasteiger partial charge in [-0.15, -0.1) is 0 Å². The van der Waals surface area contributed by atoms with E-state index in [1.165, 1.54) is 0 Å². The Balaban J connectivity index is 0.662. The van der Waals surface area contributed by atoms with E-state index in [0.29, 0.717) is 42.7 Å². The van der Waals surface area contributed by atoms with Crippen molar-refractivity contribution in [3.8, 4) is 0 Å². The number of para-hydroxylation sites is 1. The van der Waals surface area contributed by atoms with Crippen LogP contribution in [0.3, 0.4) is 0 Å². The molecule has 516 valence electrons. The Bertz CT molecular complexity index is 2860. The van der Waals surface area contributed by atoms with E-state index < -0.39 is 164 Å². The maximum atomic E-state index is 13.9. The van der Waals surface area contributed by atoms with Crippen molar-refractivity contribution in [3.63, 3.8) is 0 Å². The third kappa shape index (κ3) is 12.0. The fraction of sp³-hybridized carbons (Fsp3) is 0.824. The van der Waals surface area contributed by atoms with Gasteiger partial charge in [-0.25, -0.2) is 29.3 Å². The second-order valence-electron chi connectivity index (χ2n) is 30.2. The van der Waals surface area contributed by atoms with Gasteiger partial charge in [-0.2, -0.15) is 0 Å². The summed E-state index contributed by atoms with van der Waals surface area (Å²) in [5.41, 5.74) is -4.49. The van der Waals surface area contributed by atoms with Crippen molar-refractivity contribution < 1.29 is 115 Å². The number of carbonyl (C=O) groups is 6. The number of esters is 6. The van der Waals surface area contributed by atoms with Crippen molar-refractivity contribution in [1.29, 1.82) is 0 Å². The summed E-state index contributed by atoms with van der Waals surface area (Å²) in [5.74, 6) is -7.72. The van der Waals surface area contributed by atoms with Gasteiger partial charge in [0, 0.05) is 60.0 Å². The number of carbonyl (C=O) groups excluding carboxylic acids is 6. The molecular formula is C68H95NO24. The molecule has 1 N–H and O–H groups in total. The molecular weight excluding hydrogens is 1210 g/mol. The molecule has 6 bridgehead atoms. The molecule has 0 amide bonds. The minimum atomic E-state index is -1.70. The molecule has 12 heterocycles. The van der Waals surface area contributed by atoms with E-state index in [4.69, 9.17) is 86.2 Å². The lowest BCUT2D eigenvalue weighted by Gasteiger charge is -2.65. The third-order valence-electron chi connectivity index (χ3n) is 24.1. The minimum absolute atomic E-state index is 0.0715. The highest BCUT2D eigenvalue weighted by molar-refractivity contribution is 5.79. The number of ether oxygens (including phenoxy) is 12. The maximum absolute atomic E-state index is 13.9. The van der Waals surface area contributed by atoms with Crippen LogP contribution < -0.4 is 5.32 Å². The smallest absolute Gasteiger partial charge is 0.308 e. The predicted octanol–water partition coefficient (Wildman–Crippen LogP) is 9.45. The molecule has 12 aliphatic heterocycles. The third-order valence-corrected chi connectivity index (χ3v) is 24.1. The number of rotatable bonds is 20. The first-order chi connectivity index (χ1) is 44.2. The van der Waals surface area contributed by atoms with Gasteiger partial charge < -0.3 is 62.2 Å². The monoisotopic (exact) mass is 1310 g/mol. The molecule has 12 saturated heterocycles. The maximum Gasteiger partial charge on any atom is 0.308 e. The molecule has 24 atom stereocenters. The molecule has 15 aliphatic rings. The summed E-state index contributed by atoms with van der Waals surface area (Å²) in [4.78, 5) is 120. The van der Waals surface area contributed by atoms with Crippen molar-refractivity contribution in [2.45, 2.75) is 262 Å². The number of nitrogens with one attached hydrogen (secondary N) is 1. The Labute approximate surface area is 542 Å². The summed E-state index contributed by atoms with van der Waals surface area (Å²) in [6, 6.07) is 8.69. The zero-order valence-electron chi connectivity index (χ0n) is 55.3. The van der Waals surface area contributed by atoms with Gasteiger partial charge in [0.2, 0.25) is 36.2 Å². The van der Waals surface area contributed by atoms with Gasteiger partial charge in [-0.05, 0) is 126 Å². The molecule has 16 rings (SSSR count). The van der Waals surface area contributed by atoms with Crippen molar-refractivity contribution in [1.82, 2.24) is 0 Å². The van der Waals surface area contributed by atoms with E-state index >= 15 is 0 Å². The van der Waals surface area contributed by atoms with Gasteiger partial charge >= 0.3 is 35.8 Å². The van der Waals surface area contributed by atoms with Gasteiger partial charge in [0.1, 0.15) is 25.4 Å². The van der Waals surface area contributed by atoms with Crippen LogP contribution in [0.25, 0.3) is 0 Å². The Hall–Kier alpha value is -4.64. The van der Waals surface area contributed by atoms with Crippen LogP contribution in [0.1, 0.15) is 185 Å². The van der Waals surface area contributed by atoms with Crippen LogP contribution in [0.4, 0.5) is 5.69 Å². The second kappa shape index (κ2) is 25.3. The fourth-order valence-corrected chi connectivity index (χ4v) is 18.4. The number of benzene rings is 1. The summed E-state index contributed by atoms with van der Waals surface area (Å²) >= 11 is 0. The normalized spacial score (nSPS) is 45.4. The lowest BCUT2D eigenvalue weighted by Crippen LogP contribution is -2.74. The zero-order valence-corrected chi connectivity index (χ0v) is 55.3. The van der Waals surface area contributed by atoms with Crippen LogP contribution in [-0.4, -0.2) is 133 Å². The van der Waals surface area contributed by atoms with Crippen LogP contribution >= 0.6 is 0 Å². The van der Waals surface area contributed by atoms with Crippen molar-refractivity contribution in [2.75, 3.05) is 25.1 Å². The number of anilines is 1. The van der Waals surface area contributed by atoms with Gasteiger partial charge in [0.15, 0.2) is 35.7 Å². The highest BCUT2D eigenvalue weighted by Gasteiger charge is 2.76. The van der Waals surface area contributed by atoms with Crippen LogP contribution in [0, 0.1) is 70.5 Å². The van der Waals surface area contributed by atoms with E-state index in [2.05, 4.69) is 33.0 Å². The topological polar surface area (TPSA) is 281 Å². The molecule has 25 nitrogen and oxygen atoms in total. The summed E-state index contributed by atoms with van der Waals surface area (Å²) in [6.07, 6.45) is 1.32. The molecule has 3 spiro atoms. The molecule has 3 aliphatic carbocycles. The summed E-state index contributed by atoms with van der Waals surface area (Å²) in [7, 11) is 0. The lowest BCUT2D eigenvalue weighted by atomic mass is 9.50. The molecule has 15 fully saturated rings. The van der Waals surface area contributed by atoms with E-state index in [-0.39, 0.29) is 60.2 Å². The first kappa shape index (κ1) is 67.0. The number of fused-ring (bicyclic) bond motifs is 6.